The highest BCUT2D eigenvalue weighted by Crippen LogP contribution is 2.45. The van der Waals surface area contributed by atoms with E-state index in [1.54, 1.807) is 0 Å². The summed E-state index contributed by atoms with van der Waals surface area (Å²) in [6.45, 7) is 0.363. The van der Waals surface area contributed by atoms with Crippen molar-refractivity contribution in [2.45, 2.75) is 44.4 Å². The summed E-state index contributed by atoms with van der Waals surface area (Å²) >= 11 is 0. The van der Waals surface area contributed by atoms with Crippen LogP contribution in [0.25, 0.3) is 0 Å². The van der Waals surface area contributed by atoms with Gasteiger partial charge in [0.1, 0.15) is 6.61 Å². The van der Waals surface area contributed by atoms with Gasteiger partial charge in [-0.2, -0.15) is 0 Å². The Hall–Kier alpha value is -1.92. The topological polar surface area (TPSA) is 87.1 Å². The fourth-order valence-electron chi connectivity index (χ4n) is 4.00. The number of amides is 1. The van der Waals surface area contributed by atoms with Crippen molar-refractivity contribution >= 4 is 12.4 Å². The minimum atomic E-state index is -0.250. The lowest BCUT2D eigenvalue weighted by molar-refractivity contribution is -0.137. The van der Waals surface area contributed by atoms with Gasteiger partial charge in [-0.25, -0.2) is 0 Å². The van der Waals surface area contributed by atoms with Crippen molar-refractivity contribution in [1.82, 2.24) is 4.90 Å². The molecule has 3 rings (SSSR count). The SMILES string of the molecule is CN(C(=O)COCc1ccccc1)C1C[C@H]2CC(O)C[C@H]2C1.O=CO. The smallest absolute Gasteiger partial charge is 0.290 e. The highest BCUT2D eigenvalue weighted by Gasteiger charge is 2.42. The second kappa shape index (κ2) is 9.53. The van der Waals surface area contributed by atoms with Crippen LogP contribution in [-0.4, -0.2) is 53.3 Å². The molecule has 1 aromatic carbocycles. The fraction of sp³-hybridized carbons (Fsp3) is 0.579. The van der Waals surface area contributed by atoms with E-state index in [4.69, 9.17) is 14.6 Å². The summed E-state index contributed by atoms with van der Waals surface area (Å²) in [5.41, 5.74) is 1.09. The van der Waals surface area contributed by atoms with Gasteiger partial charge >= 0.3 is 0 Å². The molecule has 0 heterocycles. The van der Waals surface area contributed by atoms with Crippen LogP contribution in [0.1, 0.15) is 31.2 Å². The molecule has 0 saturated heterocycles. The molecule has 0 aliphatic heterocycles. The van der Waals surface area contributed by atoms with Crippen molar-refractivity contribution in [2.24, 2.45) is 11.8 Å². The van der Waals surface area contributed by atoms with E-state index in [2.05, 4.69) is 0 Å². The van der Waals surface area contributed by atoms with Crippen LogP contribution in [0, 0.1) is 11.8 Å². The fourth-order valence-corrected chi connectivity index (χ4v) is 4.00. The monoisotopic (exact) mass is 349 g/mol. The maximum atomic E-state index is 12.3. The Kier molecular flexibility index (Phi) is 7.40. The summed E-state index contributed by atoms with van der Waals surface area (Å²) in [6.07, 6.45) is 3.76. The standard InChI is InChI=1S/C18H25NO3.CH2O2/c1-19(16-7-14-9-17(20)10-15(14)8-16)18(21)12-22-11-13-5-3-2-4-6-13;2-1-3/h2-6,14-17,20H,7-12H2,1H3;1H,(H,2,3)/t14-,15+,16?,17?;. The van der Waals surface area contributed by atoms with Gasteiger partial charge in [0, 0.05) is 13.1 Å². The zero-order chi connectivity index (χ0) is 18.2. The molecular weight excluding hydrogens is 322 g/mol. The lowest BCUT2D eigenvalue weighted by Gasteiger charge is -2.25. The number of likely N-dealkylation sites (N-methyl/N-ethyl adjacent to an activating group) is 1. The second-order valence-electron chi connectivity index (χ2n) is 6.86. The zero-order valence-corrected chi connectivity index (χ0v) is 14.6. The van der Waals surface area contributed by atoms with Gasteiger partial charge in [0.15, 0.2) is 0 Å². The largest absolute Gasteiger partial charge is 0.483 e. The molecule has 0 radical (unpaired) electrons. The van der Waals surface area contributed by atoms with E-state index < -0.39 is 0 Å². The molecule has 0 spiro atoms. The molecule has 2 aliphatic carbocycles. The van der Waals surface area contributed by atoms with Crippen LogP contribution in [0.2, 0.25) is 0 Å². The summed E-state index contributed by atoms with van der Waals surface area (Å²) in [6, 6.07) is 10.2. The molecule has 0 aromatic heterocycles. The second-order valence-corrected chi connectivity index (χ2v) is 6.86. The van der Waals surface area contributed by atoms with Crippen LogP contribution in [-0.2, 0) is 20.9 Å². The lowest BCUT2D eigenvalue weighted by Crippen LogP contribution is -2.38. The molecule has 0 bridgehead atoms. The average Bonchev–Trinajstić information content (AvgIpc) is 3.13. The summed E-state index contributed by atoms with van der Waals surface area (Å²) in [5.74, 6) is 1.25. The molecule has 2 N–H and O–H groups in total. The van der Waals surface area contributed by atoms with Gasteiger partial charge in [0.05, 0.1) is 12.7 Å². The van der Waals surface area contributed by atoms with Gasteiger partial charge < -0.3 is 19.8 Å². The molecule has 2 unspecified atom stereocenters. The lowest BCUT2D eigenvalue weighted by atomic mass is 10.0. The van der Waals surface area contributed by atoms with Crippen molar-refractivity contribution in [1.29, 1.82) is 0 Å². The van der Waals surface area contributed by atoms with Gasteiger partial charge in [0.2, 0.25) is 5.91 Å². The number of rotatable bonds is 5. The van der Waals surface area contributed by atoms with Gasteiger partial charge in [-0.15, -0.1) is 0 Å². The number of ether oxygens (including phenoxy) is 1. The van der Waals surface area contributed by atoms with Crippen LogP contribution in [0.5, 0.6) is 0 Å². The number of hydrogen-bond donors (Lipinski definition) is 2. The maximum Gasteiger partial charge on any atom is 0.290 e. The summed E-state index contributed by atoms with van der Waals surface area (Å²) < 4.78 is 5.54. The molecule has 4 atom stereocenters. The van der Waals surface area contributed by atoms with Crippen molar-refractivity contribution in [3.8, 4) is 0 Å². The quantitative estimate of drug-likeness (QED) is 0.793. The van der Waals surface area contributed by atoms with Crippen molar-refractivity contribution < 1.29 is 24.5 Å². The molecule has 1 aromatic rings. The minimum Gasteiger partial charge on any atom is -0.483 e. The van der Waals surface area contributed by atoms with Crippen molar-refractivity contribution in [3.63, 3.8) is 0 Å². The number of carbonyl (C=O) groups is 2. The Balaban J connectivity index is 0.000000701. The minimum absolute atomic E-state index is 0.0569. The number of carboxylic acid groups (broad SMARTS) is 1. The molecular formula is C19H27NO5. The van der Waals surface area contributed by atoms with E-state index in [9.17, 15) is 9.90 Å². The molecule has 1 amide bonds. The average molecular weight is 349 g/mol. The number of nitrogens with zero attached hydrogens (tertiary/aromatic N) is 1. The molecule has 6 nitrogen and oxygen atoms in total. The summed E-state index contributed by atoms with van der Waals surface area (Å²) in [7, 11) is 1.89. The molecule has 2 saturated carbocycles. The Labute approximate surface area is 148 Å². The molecule has 2 aliphatic rings. The van der Waals surface area contributed by atoms with Crippen LogP contribution < -0.4 is 0 Å². The van der Waals surface area contributed by atoms with Gasteiger partial charge in [-0.3, -0.25) is 9.59 Å². The zero-order valence-electron chi connectivity index (χ0n) is 14.6. The van der Waals surface area contributed by atoms with Gasteiger partial charge in [-0.05, 0) is 43.1 Å². The molecule has 6 heteroatoms. The Bertz CT molecular complexity index is 536. The third kappa shape index (κ3) is 5.54. The Morgan fingerprint density at radius 1 is 1.20 bits per heavy atom. The number of fused-ring (bicyclic) bond motifs is 1. The van der Waals surface area contributed by atoms with Gasteiger partial charge in [-0.1, -0.05) is 30.3 Å². The third-order valence-electron chi connectivity index (χ3n) is 5.24. The Morgan fingerprint density at radius 3 is 2.32 bits per heavy atom. The van der Waals surface area contributed by atoms with E-state index in [1.807, 2.05) is 42.3 Å². The van der Waals surface area contributed by atoms with Crippen molar-refractivity contribution in [2.75, 3.05) is 13.7 Å². The predicted octanol–water partition coefficient (Wildman–Crippen LogP) is 1.91. The van der Waals surface area contributed by atoms with Crippen LogP contribution >= 0.6 is 0 Å². The summed E-state index contributed by atoms with van der Waals surface area (Å²) in [4.78, 5) is 22.5. The Morgan fingerprint density at radius 2 is 1.76 bits per heavy atom. The van der Waals surface area contributed by atoms with Crippen molar-refractivity contribution in [3.05, 3.63) is 35.9 Å². The highest BCUT2D eigenvalue weighted by molar-refractivity contribution is 5.77. The van der Waals surface area contributed by atoms with E-state index in [0.29, 0.717) is 24.5 Å². The van der Waals surface area contributed by atoms with Crippen LogP contribution in [0.4, 0.5) is 0 Å². The number of hydrogen-bond acceptors (Lipinski definition) is 4. The van der Waals surface area contributed by atoms with Gasteiger partial charge in [0.25, 0.3) is 6.47 Å². The normalized spacial score (nSPS) is 27.1. The first-order valence-corrected chi connectivity index (χ1v) is 8.68. The summed E-state index contributed by atoms with van der Waals surface area (Å²) in [5, 5.41) is 16.6. The van der Waals surface area contributed by atoms with Crippen LogP contribution in [0.3, 0.4) is 0 Å². The third-order valence-corrected chi connectivity index (χ3v) is 5.24. The number of aliphatic hydroxyl groups excluding tert-OH is 1. The van der Waals surface area contributed by atoms with Crippen LogP contribution in [0.15, 0.2) is 30.3 Å². The molecule has 25 heavy (non-hydrogen) atoms. The first kappa shape index (κ1) is 19.4. The molecule has 138 valence electrons. The van der Waals surface area contributed by atoms with E-state index in [-0.39, 0.29) is 25.1 Å². The first-order chi connectivity index (χ1) is 12.0. The number of aliphatic hydroxyl groups is 1. The molecule has 2 fully saturated rings. The first-order valence-electron chi connectivity index (χ1n) is 8.68. The predicted molar refractivity (Wildman–Crippen MR) is 92.8 cm³/mol. The number of benzene rings is 1. The maximum absolute atomic E-state index is 12.3. The van der Waals surface area contributed by atoms with E-state index in [0.717, 1.165) is 31.2 Å². The number of carbonyl (C=O) groups excluding carboxylic acids is 1. The van der Waals surface area contributed by atoms with E-state index >= 15 is 0 Å². The van der Waals surface area contributed by atoms with E-state index in [1.165, 1.54) is 0 Å². The highest BCUT2D eigenvalue weighted by atomic mass is 16.5.